The molecule has 2 heterocycles. The van der Waals surface area contributed by atoms with Gasteiger partial charge in [-0.3, -0.25) is 9.59 Å². The lowest BCUT2D eigenvalue weighted by atomic mass is 10.1. The number of carbonyl (C=O) groups excluding carboxylic acids is 3. The molecule has 0 bridgehead atoms. The molecule has 5 rings (SSSR count). The summed E-state index contributed by atoms with van der Waals surface area (Å²) in [5.74, 6) is -1.47. The summed E-state index contributed by atoms with van der Waals surface area (Å²) < 4.78 is 1.54. The number of aromatic nitrogens is 2. The van der Waals surface area contributed by atoms with E-state index in [0.29, 0.717) is 22.6 Å². The van der Waals surface area contributed by atoms with Crippen LogP contribution in [0.2, 0.25) is 5.15 Å². The van der Waals surface area contributed by atoms with Crippen LogP contribution in [0, 0.1) is 6.92 Å². The largest absolute Gasteiger partial charge is 0.343 e. The van der Waals surface area contributed by atoms with Crippen molar-refractivity contribution in [2.75, 3.05) is 9.80 Å². The molecule has 0 radical (unpaired) electrons. The minimum Gasteiger partial charge on any atom is -0.268 e. The van der Waals surface area contributed by atoms with Crippen LogP contribution in [0.1, 0.15) is 11.3 Å². The normalized spacial score (nSPS) is 14.0. The van der Waals surface area contributed by atoms with Crippen LogP contribution in [0.25, 0.3) is 11.8 Å². The van der Waals surface area contributed by atoms with Crippen molar-refractivity contribution in [3.8, 4) is 5.69 Å². The number of carbonyl (C=O) groups is 3. The highest BCUT2D eigenvalue weighted by molar-refractivity contribution is 6.46. The highest BCUT2D eigenvalue weighted by atomic mass is 35.5. The summed E-state index contributed by atoms with van der Waals surface area (Å²) in [6.07, 6.45) is 1.41. The van der Waals surface area contributed by atoms with Crippen LogP contribution >= 0.6 is 11.6 Å². The molecule has 35 heavy (non-hydrogen) atoms. The van der Waals surface area contributed by atoms with Gasteiger partial charge in [-0.1, -0.05) is 66.2 Å². The number of rotatable bonds is 4. The van der Waals surface area contributed by atoms with Gasteiger partial charge in [0.05, 0.1) is 22.8 Å². The number of benzene rings is 3. The molecule has 1 fully saturated rings. The van der Waals surface area contributed by atoms with E-state index in [1.54, 1.807) is 67.6 Å². The summed E-state index contributed by atoms with van der Waals surface area (Å²) in [6, 6.07) is 25.5. The molecule has 8 heteroatoms. The average Bonchev–Trinajstić information content (AvgIpc) is 3.16. The molecular formula is C27H19ClN4O3. The summed E-state index contributed by atoms with van der Waals surface area (Å²) in [4.78, 5) is 42.5. The van der Waals surface area contributed by atoms with Gasteiger partial charge in [0.15, 0.2) is 0 Å². The first-order valence-corrected chi connectivity index (χ1v) is 11.2. The first-order valence-electron chi connectivity index (χ1n) is 10.8. The fourth-order valence-corrected chi connectivity index (χ4v) is 4.23. The first-order chi connectivity index (χ1) is 17.0. The van der Waals surface area contributed by atoms with Crippen LogP contribution in [0.15, 0.2) is 96.6 Å². The monoisotopic (exact) mass is 482 g/mol. The van der Waals surface area contributed by atoms with Crippen molar-refractivity contribution in [1.29, 1.82) is 0 Å². The first kappa shape index (κ1) is 22.3. The smallest absolute Gasteiger partial charge is 0.268 e. The fourth-order valence-electron chi connectivity index (χ4n) is 3.90. The van der Waals surface area contributed by atoms with Crippen molar-refractivity contribution in [1.82, 2.24) is 9.78 Å². The number of urea groups is 1. The summed E-state index contributed by atoms with van der Waals surface area (Å²) in [7, 11) is 0. The molecule has 4 amide bonds. The zero-order valence-corrected chi connectivity index (χ0v) is 19.4. The zero-order valence-electron chi connectivity index (χ0n) is 18.6. The minimum absolute atomic E-state index is 0.199. The Hall–Kier alpha value is -4.49. The third-order valence-corrected chi connectivity index (χ3v) is 5.98. The van der Waals surface area contributed by atoms with Gasteiger partial charge in [0, 0.05) is 5.56 Å². The summed E-state index contributed by atoms with van der Waals surface area (Å²) >= 11 is 6.65. The van der Waals surface area contributed by atoms with Crippen LogP contribution < -0.4 is 9.80 Å². The average molecular weight is 483 g/mol. The Bertz CT molecular complexity index is 1400. The lowest BCUT2D eigenvalue weighted by Gasteiger charge is -2.33. The molecule has 0 saturated carbocycles. The molecule has 1 aliphatic heterocycles. The predicted molar refractivity (Wildman–Crippen MR) is 135 cm³/mol. The van der Waals surface area contributed by atoms with Crippen molar-refractivity contribution in [3.63, 3.8) is 0 Å². The lowest BCUT2D eigenvalue weighted by Crippen LogP contribution is -2.57. The van der Waals surface area contributed by atoms with Crippen molar-refractivity contribution >= 4 is 46.9 Å². The number of hydrogen-bond acceptors (Lipinski definition) is 4. The number of hydrogen-bond donors (Lipinski definition) is 0. The number of para-hydroxylation sites is 3. The Morgan fingerprint density at radius 1 is 0.686 bits per heavy atom. The highest BCUT2D eigenvalue weighted by Gasteiger charge is 2.44. The fraction of sp³-hybridized carbons (Fsp3) is 0.0370. The van der Waals surface area contributed by atoms with Crippen LogP contribution in [-0.2, 0) is 9.59 Å². The van der Waals surface area contributed by atoms with E-state index in [0.717, 1.165) is 15.5 Å². The number of imide groups is 2. The maximum absolute atomic E-state index is 13.5. The lowest BCUT2D eigenvalue weighted by molar-refractivity contribution is -0.121. The number of barbiturate groups is 1. The molecule has 7 nitrogen and oxygen atoms in total. The van der Waals surface area contributed by atoms with Crippen LogP contribution in [0.4, 0.5) is 16.2 Å². The third kappa shape index (κ3) is 3.92. The molecule has 4 aromatic rings. The second kappa shape index (κ2) is 9.04. The Morgan fingerprint density at radius 3 is 1.57 bits per heavy atom. The van der Waals surface area contributed by atoms with Crippen molar-refractivity contribution in [2.24, 2.45) is 0 Å². The van der Waals surface area contributed by atoms with E-state index in [-0.39, 0.29) is 10.7 Å². The summed E-state index contributed by atoms with van der Waals surface area (Å²) in [6.45, 7) is 1.74. The molecule has 0 N–H and O–H groups in total. The standard InChI is InChI=1S/C27H19ClN4O3/c1-18-22(24(28)32(29-18)21-15-9-4-10-16-21)17-23-25(33)30(19-11-5-2-6-12-19)27(35)31(26(23)34)20-13-7-3-8-14-20/h2-17H,1H3. The summed E-state index contributed by atoms with van der Waals surface area (Å²) in [5, 5.41) is 4.74. The zero-order chi connectivity index (χ0) is 24.5. The van der Waals surface area contributed by atoms with Gasteiger partial charge in [-0.15, -0.1) is 0 Å². The van der Waals surface area contributed by atoms with Crippen molar-refractivity contribution in [3.05, 3.63) is 113 Å². The molecule has 3 aromatic carbocycles. The SMILES string of the molecule is Cc1nn(-c2ccccc2)c(Cl)c1C=C1C(=O)N(c2ccccc2)C(=O)N(c2ccccc2)C1=O. The predicted octanol–water partition coefficient (Wildman–Crippen LogP) is 5.42. The maximum atomic E-state index is 13.5. The van der Waals surface area contributed by atoms with E-state index >= 15 is 0 Å². The van der Waals surface area contributed by atoms with E-state index in [1.807, 2.05) is 30.3 Å². The van der Waals surface area contributed by atoms with Crippen molar-refractivity contribution in [2.45, 2.75) is 6.92 Å². The van der Waals surface area contributed by atoms with E-state index in [1.165, 1.54) is 10.8 Å². The quantitative estimate of drug-likeness (QED) is 0.287. The second-order valence-corrected chi connectivity index (χ2v) is 8.19. The second-order valence-electron chi connectivity index (χ2n) is 7.83. The van der Waals surface area contributed by atoms with Crippen LogP contribution in [0.3, 0.4) is 0 Å². The molecule has 1 saturated heterocycles. The Morgan fingerprint density at radius 2 is 1.11 bits per heavy atom. The van der Waals surface area contributed by atoms with Gasteiger partial charge in [-0.25, -0.2) is 19.3 Å². The molecule has 0 aliphatic carbocycles. The third-order valence-electron chi connectivity index (χ3n) is 5.62. The van der Waals surface area contributed by atoms with Gasteiger partial charge in [-0.2, -0.15) is 5.10 Å². The molecule has 0 spiro atoms. The van der Waals surface area contributed by atoms with E-state index in [2.05, 4.69) is 5.10 Å². The molecule has 1 aliphatic rings. The molecule has 1 aromatic heterocycles. The number of amides is 4. The minimum atomic E-state index is -0.752. The molecule has 0 atom stereocenters. The van der Waals surface area contributed by atoms with Gasteiger partial charge in [0.2, 0.25) is 0 Å². The Kier molecular flexibility index (Phi) is 5.76. The number of anilines is 2. The number of aryl methyl sites for hydroxylation is 1. The molecule has 172 valence electrons. The van der Waals surface area contributed by atoms with E-state index < -0.39 is 17.8 Å². The van der Waals surface area contributed by atoms with Gasteiger partial charge >= 0.3 is 6.03 Å². The molecular weight excluding hydrogens is 464 g/mol. The maximum Gasteiger partial charge on any atom is 0.343 e. The van der Waals surface area contributed by atoms with Gasteiger partial charge in [0.1, 0.15) is 10.7 Å². The van der Waals surface area contributed by atoms with Gasteiger partial charge < -0.3 is 0 Å². The highest BCUT2D eigenvalue weighted by Crippen LogP contribution is 2.32. The van der Waals surface area contributed by atoms with Gasteiger partial charge in [-0.05, 0) is 49.4 Å². The number of nitrogens with zero attached hydrogens (tertiary/aromatic N) is 4. The van der Waals surface area contributed by atoms with Crippen LogP contribution in [-0.4, -0.2) is 27.6 Å². The van der Waals surface area contributed by atoms with E-state index in [4.69, 9.17) is 11.6 Å². The van der Waals surface area contributed by atoms with Crippen LogP contribution in [0.5, 0.6) is 0 Å². The topological polar surface area (TPSA) is 75.5 Å². The Balaban J connectivity index is 1.66. The van der Waals surface area contributed by atoms with Crippen molar-refractivity contribution < 1.29 is 14.4 Å². The van der Waals surface area contributed by atoms with Gasteiger partial charge in [0.25, 0.3) is 11.8 Å². The Labute approximate surface area is 206 Å². The number of halogens is 1. The summed E-state index contributed by atoms with van der Waals surface area (Å²) in [5.41, 5.74) is 2.19. The molecule has 0 unspecified atom stereocenters. The van der Waals surface area contributed by atoms with E-state index in [9.17, 15) is 14.4 Å².